The van der Waals surface area contributed by atoms with Crippen molar-refractivity contribution >= 4 is 17.9 Å². The van der Waals surface area contributed by atoms with Crippen LogP contribution in [0.4, 0.5) is 0 Å². The lowest BCUT2D eigenvalue weighted by molar-refractivity contribution is -0.167. The van der Waals surface area contributed by atoms with Gasteiger partial charge in [-0.1, -0.05) is 345 Å². The molecule has 0 saturated heterocycles. The third-order valence-electron chi connectivity index (χ3n) is 15.5. The lowest BCUT2D eigenvalue weighted by Crippen LogP contribution is -2.30. The Morgan fingerprint density at radius 1 is 0.266 bits per heavy atom. The Kier molecular flexibility index (Phi) is 65.1. The predicted molar refractivity (Wildman–Crippen MR) is 344 cm³/mol. The summed E-state index contributed by atoms with van der Waals surface area (Å²) in [4.78, 5) is 38.2. The molecule has 0 rings (SSSR count). The number of esters is 3. The zero-order chi connectivity index (χ0) is 57.1. The van der Waals surface area contributed by atoms with Crippen molar-refractivity contribution in [3.63, 3.8) is 0 Å². The van der Waals surface area contributed by atoms with Gasteiger partial charge in [-0.2, -0.15) is 0 Å². The average Bonchev–Trinajstić information content (AvgIpc) is 3.45. The second-order valence-corrected chi connectivity index (χ2v) is 23.4. The standard InChI is InChI=1S/C73H132O6/c1-4-7-10-13-16-19-21-23-25-27-29-31-33-34-35-36-37-38-39-41-42-44-46-48-50-52-54-57-60-63-66-72(75)78-69-70(68-77-71(74)65-62-59-56-18-15-12-9-6-3)79-73(76)67-64-61-58-55-53-51-49-47-45-43-40-32-30-28-26-24-22-20-17-14-11-8-5-2/h8,11,17,20,24,26,30,32,43,45,70H,4-7,9-10,12-16,18-19,21-23,25,27-29,31,33-42,44,46-69H2,1-3H3/b11-8-,20-17-,26-24-,32-30-,45-43-. The number of rotatable bonds is 64. The number of hydrogen-bond donors (Lipinski definition) is 0. The molecule has 1 atom stereocenters. The van der Waals surface area contributed by atoms with E-state index in [0.29, 0.717) is 19.3 Å². The summed E-state index contributed by atoms with van der Waals surface area (Å²) in [6.45, 7) is 6.54. The maximum Gasteiger partial charge on any atom is 0.306 e. The molecule has 0 bridgehead atoms. The Balaban J connectivity index is 4.08. The Hall–Kier alpha value is -2.89. The predicted octanol–water partition coefficient (Wildman–Crippen LogP) is 23.9. The van der Waals surface area contributed by atoms with Crippen LogP contribution in [-0.4, -0.2) is 37.2 Å². The first-order chi connectivity index (χ1) is 39.0. The first kappa shape index (κ1) is 76.1. The van der Waals surface area contributed by atoms with Gasteiger partial charge in [-0.3, -0.25) is 14.4 Å². The van der Waals surface area contributed by atoms with Crippen molar-refractivity contribution in [3.8, 4) is 0 Å². The minimum Gasteiger partial charge on any atom is -0.462 e. The van der Waals surface area contributed by atoms with Crippen molar-refractivity contribution in [3.05, 3.63) is 60.8 Å². The molecule has 0 saturated carbocycles. The van der Waals surface area contributed by atoms with Gasteiger partial charge in [-0.05, 0) is 64.2 Å². The molecule has 0 aromatic carbocycles. The van der Waals surface area contributed by atoms with Crippen molar-refractivity contribution in [1.29, 1.82) is 0 Å². The minimum absolute atomic E-state index is 0.0746. The van der Waals surface area contributed by atoms with E-state index < -0.39 is 6.10 Å². The summed E-state index contributed by atoms with van der Waals surface area (Å²) in [5, 5.41) is 0. The fourth-order valence-electron chi connectivity index (χ4n) is 10.4. The number of carbonyl (C=O) groups excluding carboxylic acids is 3. The van der Waals surface area contributed by atoms with Crippen LogP contribution in [0.1, 0.15) is 367 Å². The number of unbranched alkanes of at least 4 members (excludes halogenated alkanes) is 43. The van der Waals surface area contributed by atoms with E-state index in [1.165, 1.54) is 231 Å². The van der Waals surface area contributed by atoms with Crippen molar-refractivity contribution < 1.29 is 28.6 Å². The average molecular weight is 1110 g/mol. The van der Waals surface area contributed by atoms with Gasteiger partial charge in [0.05, 0.1) is 0 Å². The molecule has 0 radical (unpaired) electrons. The number of hydrogen-bond acceptors (Lipinski definition) is 6. The molecule has 0 heterocycles. The van der Waals surface area contributed by atoms with E-state index in [-0.39, 0.29) is 31.1 Å². The van der Waals surface area contributed by atoms with Crippen LogP contribution in [0.2, 0.25) is 0 Å². The van der Waals surface area contributed by atoms with E-state index >= 15 is 0 Å². The topological polar surface area (TPSA) is 78.9 Å². The van der Waals surface area contributed by atoms with Gasteiger partial charge in [-0.25, -0.2) is 0 Å². The SMILES string of the molecule is CC/C=C\C/C=C\C/C=C\C/C=C\C/C=C\CCCCCCCCCC(=O)OC(COC(=O)CCCCCCCCCC)COC(=O)CCCCCCCCCCCCCCCCCCCCCCCCCCCCCCCC. The number of allylic oxidation sites excluding steroid dienone is 10. The maximum atomic E-state index is 12.9. The fourth-order valence-corrected chi connectivity index (χ4v) is 10.4. The summed E-state index contributed by atoms with van der Waals surface area (Å²) in [6, 6.07) is 0. The second kappa shape index (κ2) is 67.6. The van der Waals surface area contributed by atoms with E-state index in [4.69, 9.17) is 14.2 Å². The maximum absolute atomic E-state index is 12.9. The van der Waals surface area contributed by atoms with Crippen molar-refractivity contribution in [2.45, 2.75) is 374 Å². The highest BCUT2D eigenvalue weighted by atomic mass is 16.6. The zero-order valence-corrected chi connectivity index (χ0v) is 52.9. The smallest absolute Gasteiger partial charge is 0.306 e. The molecule has 6 heteroatoms. The molecule has 6 nitrogen and oxygen atoms in total. The summed E-state index contributed by atoms with van der Waals surface area (Å²) in [5.74, 6) is -0.870. The van der Waals surface area contributed by atoms with E-state index in [2.05, 4.69) is 81.5 Å². The lowest BCUT2D eigenvalue weighted by atomic mass is 10.0. The highest BCUT2D eigenvalue weighted by Gasteiger charge is 2.19. The van der Waals surface area contributed by atoms with Gasteiger partial charge in [0, 0.05) is 19.3 Å². The highest BCUT2D eigenvalue weighted by molar-refractivity contribution is 5.71. The molecular formula is C73H132O6. The molecule has 0 aromatic rings. The molecule has 0 aliphatic heterocycles. The van der Waals surface area contributed by atoms with Crippen LogP contribution in [0.3, 0.4) is 0 Å². The Morgan fingerprint density at radius 3 is 0.772 bits per heavy atom. The van der Waals surface area contributed by atoms with Crippen molar-refractivity contribution in [1.82, 2.24) is 0 Å². The molecule has 460 valence electrons. The van der Waals surface area contributed by atoms with E-state index in [9.17, 15) is 14.4 Å². The Morgan fingerprint density at radius 2 is 0.494 bits per heavy atom. The first-order valence-corrected chi connectivity index (χ1v) is 34.8. The van der Waals surface area contributed by atoms with Crippen LogP contribution in [0.15, 0.2) is 60.8 Å². The minimum atomic E-state index is -0.777. The van der Waals surface area contributed by atoms with Gasteiger partial charge in [0.1, 0.15) is 13.2 Å². The molecule has 0 N–H and O–H groups in total. The summed E-state index contributed by atoms with van der Waals surface area (Å²) >= 11 is 0. The van der Waals surface area contributed by atoms with E-state index in [0.717, 1.165) is 96.3 Å². The molecular weight excluding hydrogens is 973 g/mol. The quantitative estimate of drug-likeness (QED) is 0.0261. The summed E-state index contributed by atoms with van der Waals surface area (Å²) in [6.07, 6.45) is 87.1. The summed E-state index contributed by atoms with van der Waals surface area (Å²) < 4.78 is 16.9. The summed E-state index contributed by atoms with van der Waals surface area (Å²) in [5.41, 5.74) is 0. The molecule has 0 spiro atoms. The number of carbonyl (C=O) groups is 3. The summed E-state index contributed by atoms with van der Waals surface area (Å²) in [7, 11) is 0. The normalized spacial score (nSPS) is 12.4. The molecule has 1 unspecified atom stereocenters. The van der Waals surface area contributed by atoms with Crippen LogP contribution in [0.25, 0.3) is 0 Å². The Labute approximate surface area is 491 Å². The van der Waals surface area contributed by atoms with Crippen LogP contribution >= 0.6 is 0 Å². The molecule has 0 fully saturated rings. The van der Waals surface area contributed by atoms with Gasteiger partial charge in [0.2, 0.25) is 0 Å². The molecule has 0 amide bonds. The first-order valence-electron chi connectivity index (χ1n) is 34.8. The van der Waals surface area contributed by atoms with Gasteiger partial charge in [0.15, 0.2) is 6.10 Å². The lowest BCUT2D eigenvalue weighted by Gasteiger charge is -2.18. The van der Waals surface area contributed by atoms with Crippen LogP contribution in [0.5, 0.6) is 0 Å². The van der Waals surface area contributed by atoms with Gasteiger partial charge in [-0.15, -0.1) is 0 Å². The van der Waals surface area contributed by atoms with E-state index in [1.54, 1.807) is 0 Å². The Bertz CT molecular complexity index is 1410. The number of ether oxygens (including phenoxy) is 3. The van der Waals surface area contributed by atoms with Crippen LogP contribution < -0.4 is 0 Å². The highest BCUT2D eigenvalue weighted by Crippen LogP contribution is 2.18. The largest absolute Gasteiger partial charge is 0.462 e. The van der Waals surface area contributed by atoms with E-state index in [1.807, 2.05) is 0 Å². The third-order valence-corrected chi connectivity index (χ3v) is 15.5. The monoisotopic (exact) mass is 1110 g/mol. The third kappa shape index (κ3) is 65.8. The molecule has 79 heavy (non-hydrogen) atoms. The van der Waals surface area contributed by atoms with Crippen molar-refractivity contribution in [2.75, 3.05) is 13.2 Å². The van der Waals surface area contributed by atoms with Crippen LogP contribution in [-0.2, 0) is 28.6 Å². The van der Waals surface area contributed by atoms with Crippen LogP contribution in [0, 0.1) is 0 Å². The molecule has 0 aliphatic carbocycles. The molecule has 0 aliphatic rings. The molecule has 0 aromatic heterocycles. The van der Waals surface area contributed by atoms with Gasteiger partial charge < -0.3 is 14.2 Å². The second-order valence-electron chi connectivity index (χ2n) is 23.4. The van der Waals surface area contributed by atoms with Gasteiger partial charge >= 0.3 is 17.9 Å². The van der Waals surface area contributed by atoms with Crippen molar-refractivity contribution in [2.24, 2.45) is 0 Å². The zero-order valence-electron chi connectivity index (χ0n) is 52.9. The van der Waals surface area contributed by atoms with Gasteiger partial charge in [0.25, 0.3) is 0 Å². The fraction of sp³-hybridized carbons (Fsp3) is 0.822.